The third kappa shape index (κ3) is 2.10. The summed E-state index contributed by atoms with van der Waals surface area (Å²) < 4.78 is 14.3. The van der Waals surface area contributed by atoms with Gasteiger partial charge in [0.15, 0.2) is 12.1 Å². The van der Waals surface area contributed by atoms with E-state index in [0.29, 0.717) is 18.7 Å². The quantitative estimate of drug-likeness (QED) is 0.715. The summed E-state index contributed by atoms with van der Waals surface area (Å²) in [6.07, 6.45) is 3.98. The van der Waals surface area contributed by atoms with Crippen molar-refractivity contribution in [1.29, 1.82) is 0 Å². The van der Waals surface area contributed by atoms with Gasteiger partial charge in [-0.3, -0.25) is 4.79 Å². The molecule has 1 aromatic heterocycles. The molecule has 0 saturated heterocycles. The molecule has 3 nitrogen and oxygen atoms in total. The summed E-state index contributed by atoms with van der Waals surface area (Å²) in [4.78, 5) is 14.5. The molecule has 0 bridgehead atoms. The Labute approximate surface area is 86.2 Å². The van der Waals surface area contributed by atoms with Gasteiger partial charge in [0.2, 0.25) is 0 Å². The van der Waals surface area contributed by atoms with Crippen LogP contribution < -0.4 is 0 Å². The fraction of sp³-hybridized carbons (Fsp3) is 0.0909. The summed E-state index contributed by atoms with van der Waals surface area (Å²) >= 11 is 0. The zero-order valence-corrected chi connectivity index (χ0v) is 7.93. The van der Waals surface area contributed by atoms with Crippen molar-refractivity contribution < 1.29 is 9.18 Å². The van der Waals surface area contributed by atoms with Crippen molar-refractivity contribution in [2.45, 2.75) is 6.54 Å². The zero-order chi connectivity index (χ0) is 10.7. The van der Waals surface area contributed by atoms with Crippen LogP contribution in [0.2, 0.25) is 0 Å². The average molecular weight is 204 g/mol. The minimum absolute atomic E-state index is 0.264. The monoisotopic (exact) mass is 204 g/mol. The van der Waals surface area contributed by atoms with E-state index >= 15 is 0 Å². The zero-order valence-electron chi connectivity index (χ0n) is 7.93. The van der Waals surface area contributed by atoms with Gasteiger partial charge in [-0.2, -0.15) is 0 Å². The van der Waals surface area contributed by atoms with Crippen LogP contribution in [0.3, 0.4) is 0 Å². The fourth-order valence-corrected chi connectivity index (χ4v) is 1.36. The molecule has 0 atom stereocenters. The van der Waals surface area contributed by atoms with Gasteiger partial charge in [-0.05, 0) is 17.7 Å². The highest BCUT2D eigenvalue weighted by Crippen LogP contribution is 2.06. The van der Waals surface area contributed by atoms with Crippen LogP contribution in [0, 0.1) is 5.82 Å². The number of carbonyl (C=O) groups excluding carboxylic acids is 1. The molecule has 2 aromatic rings. The molecule has 0 amide bonds. The highest BCUT2D eigenvalue weighted by Gasteiger charge is 2.01. The Morgan fingerprint density at radius 3 is 2.73 bits per heavy atom. The number of hydrogen-bond acceptors (Lipinski definition) is 2. The second-order valence-electron chi connectivity index (χ2n) is 3.16. The third-order valence-corrected chi connectivity index (χ3v) is 2.12. The molecule has 0 radical (unpaired) electrons. The van der Waals surface area contributed by atoms with Crippen LogP contribution in [0.1, 0.15) is 16.2 Å². The molecule has 0 unspecified atom stereocenters. The summed E-state index contributed by atoms with van der Waals surface area (Å²) in [7, 11) is 0. The lowest BCUT2D eigenvalue weighted by Gasteiger charge is -2.03. The molecule has 0 fully saturated rings. The largest absolute Gasteiger partial charge is 0.324 e. The summed E-state index contributed by atoms with van der Waals surface area (Å²) in [5.74, 6) is 0.110. The lowest BCUT2D eigenvalue weighted by molar-refractivity contribution is 0.111. The van der Waals surface area contributed by atoms with E-state index in [2.05, 4.69) is 4.98 Å². The summed E-state index contributed by atoms with van der Waals surface area (Å²) in [6.45, 7) is 0.522. The number of nitrogens with zero attached hydrogens (tertiary/aromatic N) is 2. The second-order valence-corrected chi connectivity index (χ2v) is 3.16. The number of aromatic nitrogens is 2. The van der Waals surface area contributed by atoms with Crippen LogP contribution in [0.15, 0.2) is 36.7 Å². The lowest BCUT2D eigenvalue weighted by atomic mass is 10.2. The Morgan fingerprint density at radius 2 is 2.07 bits per heavy atom. The fourth-order valence-electron chi connectivity index (χ4n) is 1.36. The normalized spacial score (nSPS) is 10.2. The standard InChI is InChI=1S/C11H9FN2O/c12-10-3-1-9(2-4-10)7-14-6-5-13-11(14)8-15/h1-6,8H,7H2. The summed E-state index contributed by atoms with van der Waals surface area (Å²) in [5, 5.41) is 0. The van der Waals surface area contributed by atoms with Crippen molar-refractivity contribution in [3.63, 3.8) is 0 Å². The van der Waals surface area contributed by atoms with Gasteiger partial charge in [0.25, 0.3) is 0 Å². The molecule has 0 spiro atoms. The van der Waals surface area contributed by atoms with E-state index < -0.39 is 0 Å². The maximum Gasteiger partial charge on any atom is 0.185 e. The Kier molecular flexibility index (Phi) is 2.58. The number of imidazole rings is 1. The van der Waals surface area contributed by atoms with E-state index in [1.54, 1.807) is 29.1 Å². The molecule has 15 heavy (non-hydrogen) atoms. The molecule has 76 valence electrons. The van der Waals surface area contributed by atoms with Gasteiger partial charge in [0, 0.05) is 18.9 Å². The Hall–Kier alpha value is -1.97. The van der Waals surface area contributed by atoms with Crippen LogP contribution in [-0.2, 0) is 6.54 Å². The number of carbonyl (C=O) groups is 1. The highest BCUT2D eigenvalue weighted by molar-refractivity contribution is 5.69. The molecule has 1 heterocycles. The van der Waals surface area contributed by atoms with Gasteiger partial charge < -0.3 is 4.57 Å². The first kappa shape index (κ1) is 9.58. The topological polar surface area (TPSA) is 34.9 Å². The molecular formula is C11H9FN2O. The van der Waals surface area contributed by atoms with Gasteiger partial charge in [0.05, 0.1) is 0 Å². The number of halogens is 1. The van der Waals surface area contributed by atoms with Crippen molar-refractivity contribution in [3.8, 4) is 0 Å². The van der Waals surface area contributed by atoms with Crippen LogP contribution in [0.5, 0.6) is 0 Å². The van der Waals surface area contributed by atoms with Crippen molar-refractivity contribution >= 4 is 6.29 Å². The molecule has 4 heteroatoms. The molecule has 0 aliphatic carbocycles. The van der Waals surface area contributed by atoms with Crippen LogP contribution >= 0.6 is 0 Å². The molecular weight excluding hydrogens is 195 g/mol. The maximum atomic E-state index is 12.6. The van der Waals surface area contributed by atoms with E-state index in [-0.39, 0.29) is 5.82 Å². The Bertz CT molecular complexity index is 462. The van der Waals surface area contributed by atoms with Crippen LogP contribution in [-0.4, -0.2) is 15.8 Å². The van der Waals surface area contributed by atoms with Crippen molar-refractivity contribution in [2.75, 3.05) is 0 Å². The molecule has 0 aliphatic heterocycles. The van der Waals surface area contributed by atoms with E-state index in [1.165, 1.54) is 12.1 Å². The van der Waals surface area contributed by atoms with Crippen molar-refractivity contribution in [3.05, 3.63) is 53.9 Å². The molecule has 0 aliphatic rings. The van der Waals surface area contributed by atoms with E-state index in [4.69, 9.17) is 0 Å². The number of benzene rings is 1. The molecule has 2 rings (SSSR count). The number of rotatable bonds is 3. The minimum atomic E-state index is -0.264. The smallest absolute Gasteiger partial charge is 0.185 e. The highest BCUT2D eigenvalue weighted by atomic mass is 19.1. The van der Waals surface area contributed by atoms with Gasteiger partial charge >= 0.3 is 0 Å². The Morgan fingerprint density at radius 1 is 1.33 bits per heavy atom. The summed E-state index contributed by atoms with van der Waals surface area (Å²) in [5.41, 5.74) is 0.928. The second kappa shape index (κ2) is 4.04. The Balaban J connectivity index is 2.21. The average Bonchev–Trinajstić information content (AvgIpc) is 2.69. The maximum absolute atomic E-state index is 12.6. The van der Waals surface area contributed by atoms with E-state index in [9.17, 15) is 9.18 Å². The van der Waals surface area contributed by atoms with E-state index in [0.717, 1.165) is 5.56 Å². The molecule has 1 aromatic carbocycles. The number of hydrogen-bond donors (Lipinski definition) is 0. The van der Waals surface area contributed by atoms with Crippen LogP contribution in [0.25, 0.3) is 0 Å². The summed E-state index contributed by atoms with van der Waals surface area (Å²) in [6, 6.07) is 6.16. The lowest BCUT2D eigenvalue weighted by Crippen LogP contribution is -2.03. The molecule has 0 saturated carbocycles. The minimum Gasteiger partial charge on any atom is -0.324 e. The van der Waals surface area contributed by atoms with E-state index in [1.807, 2.05) is 0 Å². The van der Waals surface area contributed by atoms with Gasteiger partial charge in [0.1, 0.15) is 5.82 Å². The SMILES string of the molecule is O=Cc1nccn1Cc1ccc(F)cc1. The molecule has 0 N–H and O–H groups in total. The number of aldehydes is 1. The van der Waals surface area contributed by atoms with Gasteiger partial charge in [-0.25, -0.2) is 9.37 Å². The van der Waals surface area contributed by atoms with Gasteiger partial charge in [-0.1, -0.05) is 12.1 Å². The first-order valence-corrected chi connectivity index (χ1v) is 4.50. The third-order valence-electron chi connectivity index (χ3n) is 2.12. The van der Waals surface area contributed by atoms with Gasteiger partial charge in [-0.15, -0.1) is 0 Å². The first-order chi connectivity index (χ1) is 7.29. The van der Waals surface area contributed by atoms with Crippen LogP contribution in [0.4, 0.5) is 4.39 Å². The predicted molar refractivity (Wildman–Crippen MR) is 53.1 cm³/mol. The van der Waals surface area contributed by atoms with Crippen molar-refractivity contribution in [2.24, 2.45) is 0 Å². The first-order valence-electron chi connectivity index (χ1n) is 4.50. The predicted octanol–water partition coefficient (Wildman–Crippen LogP) is 1.88. The van der Waals surface area contributed by atoms with Crippen molar-refractivity contribution in [1.82, 2.24) is 9.55 Å².